The number of methoxy groups -OCH3 is 1. The lowest BCUT2D eigenvalue weighted by Crippen LogP contribution is -2.40. The average molecular weight is 261 g/mol. The highest BCUT2D eigenvalue weighted by molar-refractivity contribution is 5.33. The summed E-state index contributed by atoms with van der Waals surface area (Å²) in [6, 6.07) is 9.54. The molecule has 1 aromatic carbocycles. The van der Waals surface area contributed by atoms with Gasteiger partial charge in [0.05, 0.1) is 7.11 Å². The summed E-state index contributed by atoms with van der Waals surface area (Å²) < 4.78 is 5.43. The van der Waals surface area contributed by atoms with E-state index in [1.807, 2.05) is 12.1 Å². The average Bonchev–Trinajstić information content (AvgIpc) is 2.39. The Balaban J connectivity index is 1.88. The first-order valence-electron chi connectivity index (χ1n) is 7.57. The van der Waals surface area contributed by atoms with Crippen molar-refractivity contribution in [1.82, 2.24) is 5.32 Å². The zero-order valence-corrected chi connectivity index (χ0v) is 12.5. The standard InChI is InChI=1S/C17H27NO/c1-13-7-6-9-16(11-13)18-14(2)12-15-8-4-5-10-17(15)19-3/h4-5,8,10,13-14,16,18H,6-7,9,11-12H2,1-3H3. The molecule has 2 nitrogen and oxygen atoms in total. The molecule has 1 N–H and O–H groups in total. The Morgan fingerprint density at radius 1 is 1.32 bits per heavy atom. The molecule has 2 heteroatoms. The van der Waals surface area contributed by atoms with Crippen LogP contribution >= 0.6 is 0 Å². The lowest BCUT2D eigenvalue weighted by molar-refractivity contribution is 0.283. The summed E-state index contributed by atoms with van der Waals surface area (Å²) in [5, 5.41) is 3.79. The Hall–Kier alpha value is -1.02. The van der Waals surface area contributed by atoms with E-state index in [0.717, 1.165) is 18.1 Å². The van der Waals surface area contributed by atoms with Gasteiger partial charge in [-0.05, 0) is 43.7 Å². The van der Waals surface area contributed by atoms with Crippen molar-refractivity contribution >= 4 is 0 Å². The fraction of sp³-hybridized carbons (Fsp3) is 0.647. The van der Waals surface area contributed by atoms with E-state index in [9.17, 15) is 0 Å². The van der Waals surface area contributed by atoms with Gasteiger partial charge >= 0.3 is 0 Å². The van der Waals surface area contributed by atoms with Crippen LogP contribution in [0.2, 0.25) is 0 Å². The Kier molecular flexibility index (Phi) is 5.26. The molecule has 19 heavy (non-hydrogen) atoms. The number of rotatable bonds is 5. The maximum Gasteiger partial charge on any atom is 0.122 e. The quantitative estimate of drug-likeness (QED) is 0.870. The predicted octanol–water partition coefficient (Wildman–Crippen LogP) is 3.79. The van der Waals surface area contributed by atoms with E-state index >= 15 is 0 Å². The van der Waals surface area contributed by atoms with E-state index in [1.54, 1.807) is 7.11 Å². The van der Waals surface area contributed by atoms with Crippen molar-refractivity contribution in [2.75, 3.05) is 7.11 Å². The smallest absolute Gasteiger partial charge is 0.122 e. The number of ether oxygens (including phenoxy) is 1. The summed E-state index contributed by atoms with van der Waals surface area (Å²) in [7, 11) is 1.75. The molecule has 0 amide bonds. The number of hydrogen-bond donors (Lipinski definition) is 1. The Bertz CT molecular complexity index is 391. The van der Waals surface area contributed by atoms with Crippen LogP contribution in [-0.4, -0.2) is 19.2 Å². The molecule has 1 aromatic rings. The lowest BCUT2D eigenvalue weighted by atomic mass is 9.86. The van der Waals surface area contributed by atoms with E-state index < -0.39 is 0 Å². The third-order valence-corrected chi connectivity index (χ3v) is 4.18. The van der Waals surface area contributed by atoms with Crippen molar-refractivity contribution < 1.29 is 4.74 Å². The Morgan fingerprint density at radius 3 is 2.84 bits per heavy atom. The first kappa shape index (κ1) is 14.4. The van der Waals surface area contributed by atoms with Crippen molar-refractivity contribution in [3.8, 4) is 5.75 Å². The van der Waals surface area contributed by atoms with Crippen molar-refractivity contribution in [3.63, 3.8) is 0 Å². The van der Waals surface area contributed by atoms with Gasteiger partial charge in [-0.1, -0.05) is 38.0 Å². The topological polar surface area (TPSA) is 21.3 Å². The summed E-state index contributed by atoms with van der Waals surface area (Å²) in [6.07, 6.45) is 6.48. The maximum absolute atomic E-state index is 5.43. The van der Waals surface area contributed by atoms with E-state index in [4.69, 9.17) is 4.74 Å². The van der Waals surface area contributed by atoms with Gasteiger partial charge in [-0.3, -0.25) is 0 Å². The van der Waals surface area contributed by atoms with Gasteiger partial charge in [-0.15, -0.1) is 0 Å². The molecule has 1 saturated carbocycles. The van der Waals surface area contributed by atoms with Crippen molar-refractivity contribution in [2.45, 2.75) is 58.0 Å². The Morgan fingerprint density at radius 2 is 2.11 bits per heavy atom. The van der Waals surface area contributed by atoms with Crippen LogP contribution in [0.3, 0.4) is 0 Å². The summed E-state index contributed by atoms with van der Waals surface area (Å²) in [6.45, 7) is 4.66. The maximum atomic E-state index is 5.43. The third kappa shape index (κ3) is 4.24. The van der Waals surface area contributed by atoms with Crippen molar-refractivity contribution in [2.24, 2.45) is 5.92 Å². The molecule has 0 bridgehead atoms. The molecular weight excluding hydrogens is 234 g/mol. The van der Waals surface area contributed by atoms with E-state index in [1.165, 1.54) is 31.2 Å². The summed E-state index contributed by atoms with van der Waals surface area (Å²) in [5.74, 6) is 1.89. The van der Waals surface area contributed by atoms with Crippen LogP contribution in [0, 0.1) is 5.92 Å². The van der Waals surface area contributed by atoms with Crippen LogP contribution in [0.25, 0.3) is 0 Å². The van der Waals surface area contributed by atoms with Gasteiger partial charge in [0.1, 0.15) is 5.75 Å². The van der Waals surface area contributed by atoms with Gasteiger partial charge in [0.2, 0.25) is 0 Å². The molecule has 0 spiro atoms. The lowest BCUT2D eigenvalue weighted by Gasteiger charge is -2.30. The van der Waals surface area contributed by atoms with Crippen molar-refractivity contribution in [1.29, 1.82) is 0 Å². The van der Waals surface area contributed by atoms with Gasteiger partial charge in [0.25, 0.3) is 0 Å². The molecule has 3 atom stereocenters. The van der Waals surface area contributed by atoms with E-state index in [0.29, 0.717) is 12.1 Å². The van der Waals surface area contributed by atoms with Gasteiger partial charge in [-0.2, -0.15) is 0 Å². The zero-order valence-electron chi connectivity index (χ0n) is 12.5. The largest absolute Gasteiger partial charge is 0.496 e. The summed E-state index contributed by atoms with van der Waals surface area (Å²) >= 11 is 0. The minimum absolute atomic E-state index is 0.506. The first-order valence-corrected chi connectivity index (χ1v) is 7.57. The van der Waals surface area contributed by atoms with Crippen LogP contribution in [-0.2, 0) is 6.42 Å². The third-order valence-electron chi connectivity index (χ3n) is 4.18. The van der Waals surface area contributed by atoms with E-state index in [2.05, 4.69) is 31.3 Å². The van der Waals surface area contributed by atoms with Crippen LogP contribution in [0.15, 0.2) is 24.3 Å². The molecule has 1 fully saturated rings. The minimum Gasteiger partial charge on any atom is -0.496 e. The molecular formula is C17H27NO. The first-order chi connectivity index (χ1) is 9.19. The van der Waals surface area contributed by atoms with Crippen LogP contribution < -0.4 is 10.1 Å². The molecule has 0 aliphatic heterocycles. The van der Waals surface area contributed by atoms with Gasteiger partial charge in [-0.25, -0.2) is 0 Å². The summed E-state index contributed by atoms with van der Waals surface area (Å²) in [5.41, 5.74) is 1.30. The minimum atomic E-state index is 0.506. The molecule has 0 saturated heterocycles. The predicted molar refractivity (Wildman–Crippen MR) is 80.7 cm³/mol. The SMILES string of the molecule is COc1ccccc1CC(C)NC1CCCC(C)C1. The monoisotopic (exact) mass is 261 g/mol. The second kappa shape index (κ2) is 6.95. The summed E-state index contributed by atoms with van der Waals surface area (Å²) in [4.78, 5) is 0. The van der Waals surface area contributed by atoms with Crippen LogP contribution in [0.5, 0.6) is 5.75 Å². The van der Waals surface area contributed by atoms with Crippen LogP contribution in [0.1, 0.15) is 45.1 Å². The van der Waals surface area contributed by atoms with Gasteiger partial charge in [0.15, 0.2) is 0 Å². The number of para-hydroxylation sites is 1. The highest BCUT2D eigenvalue weighted by Gasteiger charge is 2.20. The second-order valence-electron chi connectivity index (χ2n) is 6.05. The molecule has 2 rings (SSSR count). The number of hydrogen-bond acceptors (Lipinski definition) is 2. The fourth-order valence-electron chi connectivity index (χ4n) is 3.25. The molecule has 1 aliphatic carbocycles. The number of nitrogens with one attached hydrogen (secondary N) is 1. The molecule has 0 heterocycles. The zero-order chi connectivity index (χ0) is 13.7. The fourth-order valence-corrected chi connectivity index (χ4v) is 3.25. The normalized spacial score (nSPS) is 25.0. The highest BCUT2D eigenvalue weighted by Crippen LogP contribution is 2.24. The highest BCUT2D eigenvalue weighted by atomic mass is 16.5. The van der Waals surface area contributed by atoms with Crippen LogP contribution in [0.4, 0.5) is 0 Å². The van der Waals surface area contributed by atoms with Gasteiger partial charge in [0, 0.05) is 12.1 Å². The number of benzene rings is 1. The van der Waals surface area contributed by atoms with Crippen molar-refractivity contribution in [3.05, 3.63) is 29.8 Å². The molecule has 1 aliphatic rings. The molecule has 0 radical (unpaired) electrons. The molecule has 106 valence electrons. The molecule has 0 aromatic heterocycles. The second-order valence-corrected chi connectivity index (χ2v) is 6.05. The van der Waals surface area contributed by atoms with Gasteiger partial charge < -0.3 is 10.1 Å². The van der Waals surface area contributed by atoms with E-state index in [-0.39, 0.29) is 0 Å². The Labute approximate surface area is 117 Å². The molecule has 3 unspecified atom stereocenters.